The summed E-state index contributed by atoms with van der Waals surface area (Å²) in [5.41, 5.74) is 4.71. The second kappa shape index (κ2) is 9.44. The van der Waals surface area contributed by atoms with Crippen LogP contribution in [0.3, 0.4) is 0 Å². The highest BCUT2D eigenvalue weighted by Gasteiger charge is 2.27. The molecule has 1 aliphatic rings. The van der Waals surface area contributed by atoms with Gasteiger partial charge in [-0.3, -0.25) is 0 Å². The lowest BCUT2D eigenvalue weighted by Gasteiger charge is -2.20. The molecule has 0 bridgehead atoms. The molecule has 6 heteroatoms. The van der Waals surface area contributed by atoms with E-state index in [0.717, 1.165) is 68.1 Å². The van der Waals surface area contributed by atoms with Crippen LogP contribution < -0.4 is 0 Å². The lowest BCUT2D eigenvalue weighted by atomic mass is 9.84. The van der Waals surface area contributed by atoms with Crippen molar-refractivity contribution in [3.8, 4) is 44.5 Å². The van der Waals surface area contributed by atoms with E-state index in [4.69, 9.17) is 0 Å². The molecule has 0 nitrogen and oxygen atoms in total. The molecule has 0 unspecified atom stereocenters. The van der Waals surface area contributed by atoms with Crippen LogP contribution in [0, 0.1) is 34.9 Å². The van der Waals surface area contributed by atoms with Gasteiger partial charge in [-0.05, 0) is 130 Å². The van der Waals surface area contributed by atoms with Crippen molar-refractivity contribution in [1.29, 1.82) is 0 Å². The van der Waals surface area contributed by atoms with Crippen molar-refractivity contribution >= 4 is 43.1 Å². The van der Waals surface area contributed by atoms with Gasteiger partial charge in [-0.2, -0.15) is 0 Å². The van der Waals surface area contributed by atoms with E-state index in [-0.39, 0.29) is 11.1 Å². The molecule has 0 heterocycles. The molecule has 0 fully saturated rings. The summed E-state index contributed by atoms with van der Waals surface area (Å²) in [4.78, 5) is 0. The number of hydrogen-bond acceptors (Lipinski definition) is 0. The number of hydrogen-bond donors (Lipinski definition) is 0. The Labute approximate surface area is 257 Å². The van der Waals surface area contributed by atoms with Gasteiger partial charge < -0.3 is 0 Å². The second-order valence-electron chi connectivity index (χ2n) is 11.6. The van der Waals surface area contributed by atoms with Crippen molar-refractivity contribution in [2.24, 2.45) is 0 Å². The Bertz CT molecular complexity index is 2610. The molecule has 0 spiro atoms. The first-order chi connectivity index (χ1) is 22.3. The van der Waals surface area contributed by atoms with Crippen LogP contribution in [0.2, 0.25) is 0 Å². The largest absolute Gasteiger partial charge is 0.204 e. The van der Waals surface area contributed by atoms with Gasteiger partial charge in [0.2, 0.25) is 0 Å². The number of fused-ring (bicyclic) bond motifs is 7. The van der Waals surface area contributed by atoms with Crippen molar-refractivity contribution in [3.05, 3.63) is 144 Å². The van der Waals surface area contributed by atoms with Crippen LogP contribution in [0.5, 0.6) is 0 Å². The third kappa shape index (κ3) is 3.58. The van der Waals surface area contributed by atoms with Crippen LogP contribution >= 0.6 is 0 Å². The maximum absolute atomic E-state index is 14.8. The van der Waals surface area contributed by atoms with Crippen molar-refractivity contribution < 1.29 is 26.3 Å². The summed E-state index contributed by atoms with van der Waals surface area (Å²) < 4.78 is 87.4. The molecule has 0 saturated heterocycles. The van der Waals surface area contributed by atoms with Gasteiger partial charge in [0.05, 0.1) is 0 Å². The molecule has 8 aromatic rings. The number of halogens is 6. The van der Waals surface area contributed by atoms with Crippen molar-refractivity contribution in [1.82, 2.24) is 0 Å². The average molecular weight is 613 g/mol. The topological polar surface area (TPSA) is 0 Å². The van der Waals surface area contributed by atoms with Crippen LogP contribution in [0.4, 0.5) is 26.3 Å². The summed E-state index contributed by atoms with van der Waals surface area (Å²) in [6.07, 6.45) is 0. The van der Waals surface area contributed by atoms with Crippen LogP contribution in [-0.4, -0.2) is 0 Å². The Morgan fingerprint density at radius 1 is 0.326 bits per heavy atom. The predicted octanol–water partition coefficient (Wildman–Crippen LogP) is 12.1. The first-order valence-corrected chi connectivity index (χ1v) is 14.6. The molecule has 220 valence electrons. The highest BCUT2D eigenvalue weighted by molar-refractivity contribution is 6.28. The molecule has 0 aromatic heterocycles. The third-order valence-electron chi connectivity index (χ3n) is 9.17. The highest BCUT2D eigenvalue weighted by atomic mass is 19.2. The molecule has 1 aliphatic carbocycles. The van der Waals surface area contributed by atoms with E-state index in [0.29, 0.717) is 32.7 Å². The van der Waals surface area contributed by atoms with Crippen LogP contribution in [0.1, 0.15) is 0 Å². The van der Waals surface area contributed by atoms with Gasteiger partial charge >= 0.3 is 0 Å². The quantitative estimate of drug-likeness (QED) is 0.0789. The molecule has 9 rings (SSSR count). The van der Waals surface area contributed by atoms with Crippen molar-refractivity contribution in [2.45, 2.75) is 0 Å². The summed E-state index contributed by atoms with van der Waals surface area (Å²) >= 11 is 0. The molecule has 0 amide bonds. The van der Waals surface area contributed by atoms with Gasteiger partial charge in [0.15, 0.2) is 34.9 Å². The third-order valence-corrected chi connectivity index (χ3v) is 9.17. The Morgan fingerprint density at radius 2 is 0.783 bits per heavy atom. The first-order valence-electron chi connectivity index (χ1n) is 14.6. The van der Waals surface area contributed by atoms with E-state index in [1.807, 2.05) is 42.5 Å². The van der Waals surface area contributed by atoms with Crippen LogP contribution in [-0.2, 0) is 0 Å². The van der Waals surface area contributed by atoms with Gasteiger partial charge in [0.25, 0.3) is 0 Å². The lowest BCUT2D eigenvalue weighted by Crippen LogP contribution is -1.97. The van der Waals surface area contributed by atoms with Gasteiger partial charge in [-0.1, -0.05) is 66.7 Å². The SMILES string of the molecule is Fc1cc(-c2c3ccccc3c(-c3cc(F)c(F)c(F)c3)c3cc4c(cc23)-c2cccc3c2c-4cc2ccccc23)cc(F)c1F. The molecule has 0 aliphatic heterocycles. The molecular formula is C40H18F6. The summed E-state index contributed by atoms with van der Waals surface area (Å²) in [5.74, 6) is -8.54. The minimum absolute atomic E-state index is 0.0970. The maximum Gasteiger partial charge on any atom is 0.194 e. The standard InChI is InChI=1S/C40H18F6/c41-32-13-20(14-33(42)39(32)45)36-24-8-3-4-9-25(24)37(21-15-34(43)40(46)35(44)16-21)31-18-28-27(17-30(31)36)26-11-5-10-23-22-7-2-1-6-19(22)12-29(28)38(23)26/h1-18H. The van der Waals surface area contributed by atoms with Gasteiger partial charge in [-0.25, -0.2) is 26.3 Å². The van der Waals surface area contributed by atoms with Gasteiger partial charge in [0, 0.05) is 0 Å². The fourth-order valence-electron chi connectivity index (χ4n) is 7.29. The normalized spacial score (nSPS) is 12.1. The van der Waals surface area contributed by atoms with E-state index >= 15 is 0 Å². The number of benzene rings is 8. The molecule has 0 saturated carbocycles. The Kier molecular flexibility index (Phi) is 5.49. The molecular weight excluding hydrogens is 594 g/mol. The zero-order valence-corrected chi connectivity index (χ0v) is 23.7. The molecule has 0 atom stereocenters. The van der Waals surface area contributed by atoms with E-state index in [1.165, 1.54) is 0 Å². The monoisotopic (exact) mass is 612 g/mol. The summed E-state index contributed by atoms with van der Waals surface area (Å²) in [6, 6.07) is 30.8. The summed E-state index contributed by atoms with van der Waals surface area (Å²) in [6.45, 7) is 0. The highest BCUT2D eigenvalue weighted by Crippen LogP contribution is 2.53. The van der Waals surface area contributed by atoms with Gasteiger partial charge in [0.1, 0.15) is 0 Å². The number of rotatable bonds is 2. The van der Waals surface area contributed by atoms with E-state index in [2.05, 4.69) is 18.2 Å². The minimum Gasteiger partial charge on any atom is -0.204 e. The van der Waals surface area contributed by atoms with Crippen LogP contribution in [0.15, 0.2) is 109 Å². The minimum atomic E-state index is -1.58. The molecule has 8 aromatic carbocycles. The molecule has 0 radical (unpaired) electrons. The lowest BCUT2D eigenvalue weighted by molar-refractivity contribution is 0.447. The summed E-state index contributed by atoms with van der Waals surface area (Å²) in [5, 5.41) is 6.30. The van der Waals surface area contributed by atoms with Crippen molar-refractivity contribution in [3.63, 3.8) is 0 Å². The fraction of sp³-hybridized carbons (Fsp3) is 0. The molecule has 46 heavy (non-hydrogen) atoms. The second-order valence-corrected chi connectivity index (χ2v) is 11.6. The van der Waals surface area contributed by atoms with Crippen LogP contribution in [0.25, 0.3) is 87.6 Å². The molecule has 0 N–H and O–H groups in total. The average Bonchev–Trinajstić information content (AvgIpc) is 3.36. The zero-order chi connectivity index (χ0) is 31.4. The Balaban J connectivity index is 1.50. The van der Waals surface area contributed by atoms with E-state index < -0.39 is 34.9 Å². The summed E-state index contributed by atoms with van der Waals surface area (Å²) in [7, 11) is 0. The first kappa shape index (κ1) is 26.8. The fourth-order valence-corrected chi connectivity index (χ4v) is 7.29. The van der Waals surface area contributed by atoms with E-state index in [9.17, 15) is 26.3 Å². The maximum atomic E-state index is 14.8. The smallest absolute Gasteiger partial charge is 0.194 e. The van der Waals surface area contributed by atoms with E-state index in [1.54, 1.807) is 24.3 Å². The Morgan fingerprint density at radius 3 is 1.33 bits per heavy atom. The van der Waals surface area contributed by atoms with Gasteiger partial charge in [-0.15, -0.1) is 0 Å². The van der Waals surface area contributed by atoms with Crippen molar-refractivity contribution in [2.75, 3.05) is 0 Å². The zero-order valence-electron chi connectivity index (χ0n) is 23.7. The predicted molar refractivity (Wildman–Crippen MR) is 172 cm³/mol. The Hall–Kier alpha value is -5.62.